The van der Waals surface area contributed by atoms with E-state index in [1.165, 1.54) is 22.7 Å². The molecule has 1 fully saturated rings. The smallest absolute Gasteiger partial charge is 0.251 e. The van der Waals surface area contributed by atoms with E-state index in [0.717, 1.165) is 31.5 Å². The van der Waals surface area contributed by atoms with Gasteiger partial charge in [-0.2, -0.15) is 0 Å². The van der Waals surface area contributed by atoms with E-state index in [4.69, 9.17) is 23.2 Å². The largest absolute Gasteiger partial charge is 0.348 e. The molecule has 36 heavy (non-hydrogen) atoms. The third-order valence-corrected chi connectivity index (χ3v) is 8.11. The van der Waals surface area contributed by atoms with Crippen LogP contribution in [0.4, 0.5) is 5.69 Å². The Bertz CT molecular complexity index is 1290. The van der Waals surface area contributed by atoms with Gasteiger partial charge < -0.3 is 5.32 Å². The van der Waals surface area contributed by atoms with Crippen LogP contribution in [0.1, 0.15) is 39.9 Å². The van der Waals surface area contributed by atoms with Crippen LogP contribution >= 0.6 is 23.2 Å². The summed E-state index contributed by atoms with van der Waals surface area (Å²) in [5.41, 5.74) is 3.66. The second-order valence-corrected chi connectivity index (χ2v) is 11.7. The average molecular weight is 547 g/mol. The van der Waals surface area contributed by atoms with Gasteiger partial charge in [0.05, 0.1) is 18.5 Å². The predicted octanol–water partition coefficient (Wildman–Crippen LogP) is 5.49. The molecule has 1 aliphatic heterocycles. The van der Waals surface area contributed by atoms with E-state index in [2.05, 4.69) is 22.3 Å². The summed E-state index contributed by atoms with van der Waals surface area (Å²) in [4.78, 5) is 15.1. The number of hydrogen-bond donors (Lipinski definition) is 1. The summed E-state index contributed by atoms with van der Waals surface area (Å²) in [5.74, 6) is -0.234. The summed E-state index contributed by atoms with van der Waals surface area (Å²) in [6, 6.07) is 19.8. The van der Waals surface area contributed by atoms with Crippen molar-refractivity contribution >= 4 is 44.8 Å². The molecule has 0 atom stereocenters. The highest BCUT2D eigenvalue weighted by Gasteiger charge is 2.21. The highest BCUT2D eigenvalue weighted by molar-refractivity contribution is 7.92. The second kappa shape index (κ2) is 11.6. The Morgan fingerprint density at radius 1 is 0.917 bits per heavy atom. The molecule has 1 aliphatic rings. The number of anilines is 1. The van der Waals surface area contributed by atoms with Gasteiger partial charge in [0.2, 0.25) is 10.0 Å². The van der Waals surface area contributed by atoms with Gasteiger partial charge in [-0.1, -0.05) is 53.5 Å². The maximum absolute atomic E-state index is 12.7. The number of carbonyl (C=O) groups is 1. The fourth-order valence-corrected chi connectivity index (χ4v) is 5.64. The molecule has 3 aromatic carbocycles. The number of hydrogen-bond acceptors (Lipinski definition) is 4. The third-order valence-electron chi connectivity index (χ3n) is 6.26. The molecule has 1 amide bonds. The first-order valence-corrected chi connectivity index (χ1v) is 14.4. The molecule has 1 N–H and O–H groups in total. The summed E-state index contributed by atoms with van der Waals surface area (Å²) in [6.45, 7) is 3.67. The minimum Gasteiger partial charge on any atom is -0.348 e. The van der Waals surface area contributed by atoms with Crippen LogP contribution in [0, 0.1) is 0 Å². The summed E-state index contributed by atoms with van der Waals surface area (Å²) in [7, 11) is -3.63. The van der Waals surface area contributed by atoms with Crippen molar-refractivity contribution in [2.45, 2.75) is 32.5 Å². The Morgan fingerprint density at radius 3 is 2.08 bits per heavy atom. The number of benzene rings is 3. The molecule has 0 spiro atoms. The fraction of sp³-hybridized carbons (Fsp3) is 0.296. The predicted molar refractivity (Wildman–Crippen MR) is 146 cm³/mol. The molecule has 4 rings (SSSR count). The van der Waals surface area contributed by atoms with Crippen molar-refractivity contribution in [3.63, 3.8) is 0 Å². The minimum absolute atomic E-state index is 0.0172. The summed E-state index contributed by atoms with van der Waals surface area (Å²) in [5, 5.41) is 3.70. The molecule has 0 bridgehead atoms. The summed E-state index contributed by atoms with van der Waals surface area (Å²) in [6.07, 6.45) is 3.66. The Balaban J connectivity index is 1.39. The van der Waals surface area contributed by atoms with Crippen LogP contribution < -0.4 is 9.62 Å². The molecule has 0 aromatic heterocycles. The van der Waals surface area contributed by atoms with E-state index >= 15 is 0 Å². The molecule has 9 heteroatoms. The SMILES string of the molecule is CS(=O)(=O)N(Cc1c(Cl)cccc1Cl)c1ccc(C(=O)NCc2ccc(CN3CCCC3)cc2)cc1. The molecule has 1 heterocycles. The van der Waals surface area contributed by atoms with Crippen LogP contribution in [0.5, 0.6) is 0 Å². The van der Waals surface area contributed by atoms with Crippen molar-refractivity contribution in [3.05, 3.63) is 99.0 Å². The van der Waals surface area contributed by atoms with Gasteiger partial charge in [-0.15, -0.1) is 0 Å². The standard InChI is InChI=1S/C27H29Cl2N3O3S/c1-36(34,35)32(19-24-25(28)5-4-6-26(24)29)23-13-11-22(12-14-23)27(33)30-17-20-7-9-21(10-8-20)18-31-15-2-3-16-31/h4-14H,2-3,15-19H2,1H3,(H,30,33). The van der Waals surface area contributed by atoms with E-state index in [0.29, 0.717) is 33.4 Å². The Kier molecular flexibility index (Phi) is 8.57. The van der Waals surface area contributed by atoms with Crippen LogP contribution in [-0.4, -0.2) is 38.6 Å². The van der Waals surface area contributed by atoms with Crippen LogP contribution in [0.3, 0.4) is 0 Å². The normalized spacial score (nSPS) is 14.1. The van der Waals surface area contributed by atoms with E-state index in [-0.39, 0.29) is 12.5 Å². The maximum Gasteiger partial charge on any atom is 0.251 e. The topological polar surface area (TPSA) is 69.7 Å². The quantitative estimate of drug-likeness (QED) is 0.386. The number of rotatable bonds is 9. The van der Waals surface area contributed by atoms with Crippen LogP contribution in [0.2, 0.25) is 10.0 Å². The number of nitrogens with zero attached hydrogens (tertiary/aromatic N) is 2. The molecule has 190 valence electrons. The van der Waals surface area contributed by atoms with E-state index in [9.17, 15) is 13.2 Å². The highest BCUT2D eigenvalue weighted by Crippen LogP contribution is 2.29. The Hall–Kier alpha value is -2.58. The maximum atomic E-state index is 12.7. The van der Waals surface area contributed by atoms with Crippen LogP contribution in [0.15, 0.2) is 66.7 Å². The third kappa shape index (κ3) is 6.79. The lowest BCUT2D eigenvalue weighted by Crippen LogP contribution is -2.29. The number of carbonyl (C=O) groups excluding carboxylic acids is 1. The zero-order valence-electron chi connectivity index (χ0n) is 20.1. The Labute approximate surface area is 222 Å². The minimum atomic E-state index is -3.63. The molecule has 3 aromatic rings. The van der Waals surface area contributed by atoms with Crippen LogP contribution in [-0.2, 0) is 29.7 Å². The van der Waals surface area contributed by atoms with E-state index < -0.39 is 10.0 Å². The van der Waals surface area contributed by atoms with Gasteiger partial charge in [-0.3, -0.25) is 14.0 Å². The van der Waals surface area contributed by atoms with Gasteiger partial charge in [0.15, 0.2) is 0 Å². The second-order valence-electron chi connectivity index (χ2n) is 9.00. The zero-order valence-corrected chi connectivity index (χ0v) is 22.4. The molecule has 0 unspecified atom stereocenters. The Morgan fingerprint density at radius 2 is 1.50 bits per heavy atom. The van der Waals surface area contributed by atoms with Gasteiger partial charge in [-0.05, 0) is 73.5 Å². The van der Waals surface area contributed by atoms with E-state index in [1.54, 1.807) is 42.5 Å². The van der Waals surface area contributed by atoms with Crippen molar-refractivity contribution in [3.8, 4) is 0 Å². The molecule has 0 aliphatic carbocycles. The first kappa shape index (κ1) is 26.5. The lowest BCUT2D eigenvalue weighted by Gasteiger charge is -2.23. The lowest BCUT2D eigenvalue weighted by atomic mass is 10.1. The number of nitrogens with one attached hydrogen (secondary N) is 1. The first-order valence-electron chi connectivity index (χ1n) is 11.8. The zero-order chi connectivity index (χ0) is 25.7. The number of likely N-dealkylation sites (tertiary alicyclic amines) is 1. The van der Waals surface area contributed by atoms with Crippen molar-refractivity contribution in [1.82, 2.24) is 10.2 Å². The lowest BCUT2D eigenvalue weighted by molar-refractivity contribution is 0.0951. The molecular weight excluding hydrogens is 517 g/mol. The molecular formula is C27H29Cl2N3O3S. The van der Waals surface area contributed by atoms with Crippen molar-refractivity contribution < 1.29 is 13.2 Å². The first-order chi connectivity index (χ1) is 17.2. The van der Waals surface area contributed by atoms with Gasteiger partial charge in [0.1, 0.15) is 0 Å². The molecule has 6 nitrogen and oxygen atoms in total. The van der Waals surface area contributed by atoms with Crippen molar-refractivity contribution in [2.75, 3.05) is 23.7 Å². The van der Waals surface area contributed by atoms with Gasteiger partial charge in [0, 0.05) is 34.3 Å². The van der Waals surface area contributed by atoms with Crippen molar-refractivity contribution in [2.24, 2.45) is 0 Å². The average Bonchev–Trinajstić information content (AvgIpc) is 3.36. The van der Waals surface area contributed by atoms with Crippen LogP contribution in [0.25, 0.3) is 0 Å². The van der Waals surface area contributed by atoms with Crippen molar-refractivity contribution in [1.29, 1.82) is 0 Å². The molecule has 1 saturated heterocycles. The van der Waals surface area contributed by atoms with Gasteiger partial charge in [-0.25, -0.2) is 8.42 Å². The number of halogens is 2. The highest BCUT2D eigenvalue weighted by atomic mass is 35.5. The van der Waals surface area contributed by atoms with Gasteiger partial charge in [0.25, 0.3) is 5.91 Å². The van der Waals surface area contributed by atoms with E-state index in [1.807, 2.05) is 12.1 Å². The monoisotopic (exact) mass is 545 g/mol. The van der Waals surface area contributed by atoms with Gasteiger partial charge >= 0.3 is 0 Å². The summed E-state index contributed by atoms with van der Waals surface area (Å²) >= 11 is 12.5. The molecule has 0 radical (unpaired) electrons. The molecule has 0 saturated carbocycles. The number of sulfonamides is 1. The fourth-order valence-electron chi connectivity index (χ4n) is 4.25. The number of amides is 1. The summed E-state index contributed by atoms with van der Waals surface area (Å²) < 4.78 is 26.2.